The topological polar surface area (TPSA) is 90.2 Å². The van der Waals surface area contributed by atoms with Gasteiger partial charge in [-0.05, 0) is 37.2 Å². The van der Waals surface area contributed by atoms with Gasteiger partial charge in [0.15, 0.2) is 5.82 Å². The number of fused-ring (bicyclic) bond motifs is 3. The molecule has 3 aromatic rings. The number of benzene rings is 1. The van der Waals surface area contributed by atoms with E-state index in [1.165, 1.54) is 12.1 Å². The van der Waals surface area contributed by atoms with Gasteiger partial charge in [0.05, 0.1) is 19.0 Å². The van der Waals surface area contributed by atoms with Crippen LogP contribution in [0.1, 0.15) is 36.8 Å². The molecule has 6 rings (SSSR count). The maximum atomic E-state index is 14.6. The van der Waals surface area contributed by atoms with Gasteiger partial charge in [0.25, 0.3) is 0 Å². The molecule has 0 spiro atoms. The van der Waals surface area contributed by atoms with Crippen molar-refractivity contribution in [2.24, 2.45) is 11.8 Å². The zero-order valence-electron chi connectivity index (χ0n) is 19.4. The van der Waals surface area contributed by atoms with Crippen molar-refractivity contribution >= 4 is 11.6 Å². The van der Waals surface area contributed by atoms with E-state index in [4.69, 9.17) is 19.6 Å². The fraction of sp³-hybridized carbons (Fsp3) is 0.500. The fourth-order valence-corrected chi connectivity index (χ4v) is 5.64. The minimum absolute atomic E-state index is 0.247. The van der Waals surface area contributed by atoms with Crippen LogP contribution >= 0.6 is 0 Å². The highest BCUT2D eigenvalue weighted by atomic mass is 19.1. The summed E-state index contributed by atoms with van der Waals surface area (Å²) in [6.45, 7) is 2.87. The summed E-state index contributed by atoms with van der Waals surface area (Å²) in [5.74, 6) is 1.17. The van der Waals surface area contributed by atoms with Crippen LogP contribution in [0.3, 0.4) is 0 Å². The summed E-state index contributed by atoms with van der Waals surface area (Å²) in [5, 5.41) is 16.3. The molecule has 1 aromatic carbocycles. The molecule has 1 saturated carbocycles. The molecule has 35 heavy (non-hydrogen) atoms. The van der Waals surface area contributed by atoms with Gasteiger partial charge >= 0.3 is 0 Å². The predicted octanol–water partition coefficient (Wildman–Crippen LogP) is 3.19. The van der Waals surface area contributed by atoms with Crippen molar-refractivity contribution in [3.05, 3.63) is 53.5 Å². The van der Waals surface area contributed by atoms with Gasteiger partial charge in [-0.15, -0.1) is 10.2 Å². The van der Waals surface area contributed by atoms with E-state index in [0.29, 0.717) is 42.6 Å². The van der Waals surface area contributed by atoms with Crippen LogP contribution in [-0.2, 0) is 11.3 Å². The van der Waals surface area contributed by atoms with Gasteiger partial charge < -0.3 is 19.7 Å². The summed E-state index contributed by atoms with van der Waals surface area (Å²) >= 11 is 0. The molecule has 2 aliphatic heterocycles. The molecule has 0 amide bonds. The summed E-state index contributed by atoms with van der Waals surface area (Å²) in [6.07, 6.45) is 4.03. The first-order valence-electron chi connectivity index (χ1n) is 12.0. The molecule has 4 heterocycles. The number of methoxy groups -OCH3 is 1. The predicted molar refractivity (Wildman–Crippen MR) is 123 cm³/mol. The molecule has 11 heteroatoms. The van der Waals surface area contributed by atoms with Crippen molar-refractivity contribution in [2.45, 2.75) is 38.0 Å². The van der Waals surface area contributed by atoms with Crippen molar-refractivity contribution in [1.29, 1.82) is 0 Å². The number of nitrogens with one attached hydrogen (secondary N) is 1. The first kappa shape index (κ1) is 22.1. The average molecular weight is 484 g/mol. The monoisotopic (exact) mass is 483 g/mol. The molecule has 2 aromatic heterocycles. The summed E-state index contributed by atoms with van der Waals surface area (Å²) in [5.41, 5.74) is 1.28. The van der Waals surface area contributed by atoms with E-state index in [-0.39, 0.29) is 11.6 Å². The van der Waals surface area contributed by atoms with Gasteiger partial charge in [-0.2, -0.15) is 10.1 Å². The van der Waals surface area contributed by atoms with E-state index in [9.17, 15) is 8.78 Å². The Morgan fingerprint density at radius 1 is 1.14 bits per heavy atom. The second-order valence-electron chi connectivity index (χ2n) is 9.42. The van der Waals surface area contributed by atoms with Crippen molar-refractivity contribution < 1.29 is 18.3 Å². The molecular formula is C24H27F2N7O2. The smallest absolute Gasteiger partial charge is 0.242 e. The van der Waals surface area contributed by atoms with Gasteiger partial charge in [0.1, 0.15) is 17.7 Å². The molecule has 2 fully saturated rings. The molecule has 184 valence electrons. The lowest BCUT2D eigenvalue weighted by Gasteiger charge is -2.39. The quantitative estimate of drug-likeness (QED) is 0.592. The van der Waals surface area contributed by atoms with Crippen LogP contribution in [0.5, 0.6) is 5.88 Å². The van der Waals surface area contributed by atoms with Crippen LogP contribution < -0.4 is 15.0 Å². The lowest BCUT2D eigenvalue weighted by molar-refractivity contribution is 0.0787. The zero-order chi connectivity index (χ0) is 23.9. The van der Waals surface area contributed by atoms with Gasteiger partial charge in [-0.1, -0.05) is 6.07 Å². The molecular weight excluding hydrogens is 456 g/mol. The van der Waals surface area contributed by atoms with Crippen LogP contribution in [0.4, 0.5) is 20.4 Å². The summed E-state index contributed by atoms with van der Waals surface area (Å²) < 4.78 is 41.0. The minimum Gasteiger partial charge on any atom is -0.480 e. The number of halogens is 2. The SMILES string of the molecule is COc1cc(N2C[C@H]3CC[C@@H](C2)C3Nc2nc3n(n2)CCCO[C@H]3c2ccc(F)cc2F)cnn1. The fourth-order valence-electron chi connectivity index (χ4n) is 5.64. The Morgan fingerprint density at radius 3 is 2.74 bits per heavy atom. The highest BCUT2D eigenvalue weighted by molar-refractivity contribution is 5.48. The Bertz CT molecular complexity index is 1210. The van der Waals surface area contributed by atoms with Gasteiger partial charge in [-0.3, -0.25) is 0 Å². The van der Waals surface area contributed by atoms with Crippen LogP contribution in [0.15, 0.2) is 30.5 Å². The highest BCUT2D eigenvalue weighted by Crippen LogP contribution is 2.40. The average Bonchev–Trinajstić information content (AvgIpc) is 3.27. The van der Waals surface area contributed by atoms with Crippen LogP contribution in [0.2, 0.25) is 0 Å². The van der Waals surface area contributed by atoms with E-state index in [1.54, 1.807) is 18.0 Å². The Balaban J connectivity index is 1.21. The summed E-state index contributed by atoms with van der Waals surface area (Å²) in [7, 11) is 1.59. The lowest BCUT2D eigenvalue weighted by Crippen LogP contribution is -2.48. The highest BCUT2D eigenvalue weighted by Gasteiger charge is 2.43. The molecule has 4 atom stereocenters. The maximum Gasteiger partial charge on any atom is 0.242 e. The van der Waals surface area contributed by atoms with Crippen LogP contribution in [0.25, 0.3) is 0 Å². The number of nitrogens with zero attached hydrogens (tertiary/aromatic N) is 6. The van der Waals surface area contributed by atoms with E-state index in [1.807, 2.05) is 6.07 Å². The van der Waals surface area contributed by atoms with E-state index < -0.39 is 17.7 Å². The molecule has 1 N–H and O–H groups in total. The van der Waals surface area contributed by atoms with Gasteiger partial charge in [-0.25, -0.2) is 13.5 Å². The van der Waals surface area contributed by atoms with Crippen LogP contribution in [-0.4, -0.2) is 57.8 Å². The third-order valence-electron chi connectivity index (χ3n) is 7.30. The Kier molecular flexibility index (Phi) is 5.71. The Morgan fingerprint density at radius 2 is 1.97 bits per heavy atom. The molecule has 2 bridgehead atoms. The van der Waals surface area contributed by atoms with Crippen molar-refractivity contribution in [3.8, 4) is 5.88 Å². The first-order chi connectivity index (χ1) is 17.1. The number of aromatic nitrogens is 5. The number of aryl methyl sites for hydroxylation is 1. The molecule has 1 unspecified atom stereocenters. The number of rotatable bonds is 5. The Labute approximate surface area is 201 Å². The zero-order valence-corrected chi connectivity index (χ0v) is 19.4. The molecule has 3 aliphatic rings. The second-order valence-corrected chi connectivity index (χ2v) is 9.42. The first-order valence-corrected chi connectivity index (χ1v) is 12.0. The number of anilines is 2. The number of hydrogen-bond acceptors (Lipinski definition) is 8. The van der Waals surface area contributed by atoms with E-state index >= 15 is 0 Å². The third kappa shape index (κ3) is 4.18. The largest absolute Gasteiger partial charge is 0.480 e. The molecule has 0 radical (unpaired) electrons. The maximum absolute atomic E-state index is 14.6. The van der Waals surface area contributed by atoms with Crippen LogP contribution in [0, 0.1) is 23.5 Å². The van der Waals surface area contributed by atoms with Crippen molar-refractivity contribution in [1.82, 2.24) is 25.0 Å². The Hall–Kier alpha value is -3.34. The molecule has 9 nitrogen and oxygen atoms in total. The van der Waals surface area contributed by atoms with Crippen molar-refractivity contribution in [3.63, 3.8) is 0 Å². The van der Waals surface area contributed by atoms with E-state index in [2.05, 4.69) is 20.4 Å². The third-order valence-corrected chi connectivity index (χ3v) is 7.30. The van der Waals surface area contributed by atoms with E-state index in [0.717, 1.165) is 44.1 Å². The normalized spacial score (nSPS) is 25.7. The second kappa shape index (κ2) is 9.03. The number of hydrogen-bond donors (Lipinski definition) is 1. The lowest BCUT2D eigenvalue weighted by atomic mass is 9.92. The number of ether oxygens (including phenoxy) is 2. The van der Waals surface area contributed by atoms with Crippen molar-refractivity contribution in [2.75, 3.05) is 37.0 Å². The number of piperidine rings is 1. The minimum atomic E-state index is -0.728. The summed E-state index contributed by atoms with van der Waals surface area (Å²) in [4.78, 5) is 7.07. The van der Waals surface area contributed by atoms with Gasteiger partial charge in [0.2, 0.25) is 11.8 Å². The standard InChI is InChI=1S/C24H27F2N7O2/c1-34-20-10-17(11-27-30-20)32-12-14-3-4-15(13-32)21(14)28-24-29-23-22(35-8-2-7-33(23)31-24)18-6-5-16(25)9-19(18)26/h5-6,9-11,14-15,21-22H,2-4,7-8,12-13H2,1H3,(H,28,31)/t14-,15+,21?,22-/m0/s1. The summed E-state index contributed by atoms with van der Waals surface area (Å²) in [6, 6.07) is 5.71. The molecule has 1 saturated heterocycles. The van der Waals surface area contributed by atoms with Gasteiger partial charge in [0, 0.05) is 50.0 Å². The molecule has 1 aliphatic carbocycles.